The number of urea groups is 1. The van der Waals surface area contributed by atoms with Crippen molar-refractivity contribution < 1.29 is 19.5 Å². The Bertz CT molecular complexity index is 376. The number of carbonyl (C=O) groups excluding carboxylic acids is 2. The van der Waals surface area contributed by atoms with Gasteiger partial charge in [-0.15, -0.1) is 0 Å². The molecule has 4 N–H and O–H groups in total. The first kappa shape index (κ1) is 16.3. The molecule has 0 aromatic heterocycles. The molecule has 1 aliphatic rings. The molecule has 3 amide bonds. The van der Waals surface area contributed by atoms with Gasteiger partial charge in [0.25, 0.3) is 0 Å². The molecule has 1 fully saturated rings. The standard InChI is InChI=1S/C13H23N3O4/c1-2-16(9-10(14)17)12(20)15-13(11(18)19)7-5-3-4-6-8-13/h2-9H2,1H3,(H2,14,17)(H,15,20)(H,18,19). The molecule has 0 bridgehead atoms. The lowest BCUT2D eigenvalue weighted by Crippen LogP contribution is -2.58. The van der Waals surface area contributed by atoms with E-state index in [0.717, 1.165) is 25.7 Å². The summed E-state index contributed by atoms with van der Waals surface area (Å²) in [4.78, 5) is 35.9. The molecule has 0 saturated heterocycles. The minimum Gasteiger partial charge on any atom is -0.480 e. The van der Waals surface area contributed by atoms with Gasteiger partial charge in [0.15, 0.2) is 0 Å². The van der Waals surface area contributed by atoms with Gasteiger partial charge >= 0.3 is 12.0 Å². The van der Waals surface area contributed by atoms with Gasteiger partial charge in [-0.1, -0.05) is 25.7 Å². The van der Waals surface area contributed by atoms with Crippen molar-refractivity contribution >= 4 is 17.9 Å². The number of nitrogens with zero attached hydrogens (tertiary/aromatic N) is 1. The monoisotopic (exact) mass is 285 g/mol. The lowest BCUT2D eigenvalue weighted by molar-refractivity contribution is -0.145. The summed E-state index contributed by atoms with van der Waals surface area (Å²) in [6, 6.07) is -0.546. The summed E-state index contributed by atoms with van der Waals surface area (Å²) in [7, 11) is 0. The lowest BCUT2D eigenvalue weighted by Gasteiger charge is -2.32. The van der Waals surface area contributed by atoms with Gasteiger partial charge in [0.2, 0.25) is 5.91 Å². The first-order valence-corrected chi connectivity index (χ1v) is 7.00. The summed E-state index contributed by atoms with van der Waals surface area (Å²) in [6.45, 7) is 1.80. The molecule has 7 nitrogen and oxygen atoms in total. The summed E-state index contributed by atoms with van der Waals surface area (Å²) in [5.41, 5.74) is 3.86. The van der Waals surface area contributed by atoms with Crippen LogP contribution in [0, 0.1) is 0 Å². The van der Waals surface area contributed by atoms with Crippen molar-refractivity contribution in [3.8, 4) is 0 Å². The number of primary amides is 1. The first-order chi connectivity index (χ1) is 9.41. The van der Waals surface area contributed by atoms with Gasteiger partial charge in [-0.25, -0.2) is 9.59 Å². The normalized spacial score (nSPS) is 17.9. The molecular formula is C13H23N3O4. The number of aliphatic carboxylic acids is 1. The summed E-state index contributed by atoms with van der Waals surface area (Å²) in [5, 5.41) is 12.1. The molecule has 0 aromatic rings. The quantitative estimate of drug-likeness (QED) is 0.645. The second-order valence-corrected chi connectivity index (χ2v) is 5.21. The number of rotatable bonds is 5. The maximum absolute atomic E-state index is 12.1. The second-order valence-electron chi connectivity index (χ2n) is 5.21. The molecule has 0 aliphatic heterocycles. The first-order valence-electron chi connectivity index (χ1n) is 7.00. The molecule has 0 heterocycles. The molecule has 0 unspecified atom stereocenters. The number of carbonyl (C=O) groups is 3. The van der Waals surface area contributed by atoms with Crippen LogP contribution in [0.1, 0.15) is 45.4 Å². The van der Waals surface area contributed by atoms with Gasteiger partial charge in [0, 0.05) is 6.54 Å². The topological polar surface area (TPSA) is 113 Å². The van der Waals surface area contributed by atoms with Gasteiger partial charge in [0.05, 0.1) is 0 Å². The van der Waals surface area contributed by atoms with Crippen LogP contribution in [0.5, 0.6) is 0 Å². The smallest absolute Gasteiger partial charge is 0.329 e. The Kier molecular flexibility index (Phi) is 5.79. The minimum atomic E-state index is -1.22. The third kappa shape index (κ3) is 4.11. The van der Waals surface area contributed by atoms with E-state index >= 15 is 0 Å². The van der Waals surface area contributed by atoms with E-state index in [1.165, 1.54) is 4.90 Å². The number of amides is 3. The number of carboxylic acid groups (broad SMARTS) is 1. The largest absolute Gasteiger partial charge is 0.480 e. The van der Waals surface area contributed by atoms with E-state index < -0.39 is 23.4 Å². The molecule has 20 heavy (non-hydrogen) atoms. The molecule has 0 aromatic carbocycles. The molecule has 1 saturated carbocycles. The number of likely N-dealkylation sites (N-methyl/N-ethyl adjacent to an activating group) is 1. The third-order valence-electron chi connectivity index (χ3n) is 3.73. The van der Waals surface area contributed by atoms with E-state index in [1.54, 1.807) is 6.92 Å². The molecular weight excluding hydrogens is 262 g/mol. The predicted octanol–water partition coefficient (Wildman–Crippen LogP) is 0.681. The highest BCUT2D eigenvalue weighted by atomic mass is 16.4. The Hall–Kier alpha value is -1.79. The Morgan fingerprint density at radius 1 is 1.20 bits per heavy atom. The molecule has 0 radical (unpaired) electrons. The highest BCUT2D eigenvalue weighted by molar-refractivity contribution is 5.88. The molecule has 1 aliphatic carbocycles. The van der Waals surface area contributed by atoms with Crippen LogP contribution in [0.4, 0.5) is 4.79 Å². The summed E-state index contributed by atoms with van der Waals surface area (Å²) in [6.07, 6.45) is 4.33. The number of hydrogen-bond acceptors (Lipinski definition) is 3. The van der Waals surface area contributed by atoms with Crippen LogP contribution in [-0.2, 0) is 9.59 Å². The van der Waals surface area contributed by atoms with Gasteiger partial charge in [-0.2, -0.15) is 0 Å². The highest BCUT2D eigenvalue weighted by Gasteiger charge is 2.40. The van der Waals surface area contributed by atoms with Gasteiger partial charge < -0.3 is 21.1 Å². The number of nitrogens with one attached hydrogen (secondary N) is 1. The highest BCUT2D eigenvalue weighted by Crippen LogP contribution is 2.27. The van der Waals surface area contributed by atoms with Crippen molar-refractivity contribution in [1.29, 1.82) is 0 Å². The van der Waals surface area contributed by atoms with E-state index in [1.807, 2.05) is 0 Å². The molecule has 7 heteroatoms. The number of carboxylic acids is 1. The zero-order chi connectivity index (χ0) is 15.2. The zero-order valence-electron chi connectivity index (χ0n) is 11.9. The van der Waals surface area contributed by atoms with Crippen molar-refractivity contribution in [1.82, 2.24) is 10.2 Å². The SMILES string of the molecule is CCN(CC(N)=O)C(=O)NC1(C(=O)O)CCCCCC1. The van der Waals surface area contributed by atoms with E-state index in [4.69, 9.17) is 5.73 Å². The van der Waals surface area contributed by atoms with Crippen LogP contribution in [0.3, 0.4) is 0 Å². The molecule has 0 spiro atoms. The van der Waals surface area contributed by atoms with Gasteiger partial charge in [-0.05, 0) is 19.8 Å². The fourth-order valence-electron chi connectivity index (χ4n) is 2.52. The average molecular weight is 285 g/mol. The molecule has 1 rings (SSSR count). The van der Waals surface area contributed by atoms with E-state index in [-0.39, 0.29) is 6.54 Å². The van der Waals surface area contributed by atoms with E-state index in [2.05, 4.69) is 5.32 Å². The van der Waals surface area contributed by atoms with Gasteiger partial charge in [0.1, 0.15) is 12.1 Å². The predicted molar refractivity (Wildman–Crippen MR) is 73.0 cm³/mol. The van der Waals surface area contributed by atoms with Crippen LogP contribution in [0.2, 0.25) is 0 Å². The molecule has 114 valence electrons. The summed E-state index contributed by atoms with van der Waals surface area (Å²) in [5.74, 6) is -1.63. The fraction of sp³-hybridized carbons (Fsp3) is 0.769. The van der Waals surface area contributed by atoms with Crippen molar-refractivity contribution in [2.24, 2.45) is 5.73 Å². The maximum atomic E-state index is 12.1. The average Bonchev–Trinajstić information content (AvgIpc) is 2.62. The fourth-order valence-corrected chi connectivity index (χ4v) is 2.52. The van der Waals surface area contributed by atoms with E-state index in [0.29, 0.717) is 19.4 Å². The van der Waals surface area contributed by atoms with Gasteiger partial charge in [-0.3, -0.25) is 4.79 Å². The Labute approximate surface area is 118 Å². The van der Waals surface area contributed by atoms with Crippen molar-refractivity contribution in [3.05, 3.63) is 0 Å². The third-order valence-corrected chi connectivity index (χ3v) is 3.73. The number of nitrogens with two attached hydrogens (primary N) is 1. The lowest BCUT2D eigenvalue weighted by atomic mass is 9.90. The minimum absolute atomic E-state index is 0.210. The second kappa shape index (κ2) is 7.12. The summed E-state index contributed by atoms with van der Waals surface area (Å²) >= 11 is 0. The van der Waals surface area contributed by atoms with E-state index in [9.17, 15) is 19.5 Å². The van der Waals surface area contributed by atoms with Crippen LogP contribution in [0.15, 0.2) is 0 Å². The zero-order valence-corrected chi connectivity index (χ0v) is 11.9. The van der Waals surface area contributed by atoms with Crippen LogP contribution < -0.4 is 11.1 Å². The molecule has 0 atom stereocenters. The van der Waals surface area contributed by atoms with Crippen LogP contribution in [0.25, 0.3) is 0 Å². The van der Waals surface area contributed by atoms with Crippen molar-refractivity contribution in [3.63, 3.8) is 0 Å². The number of hydrogen-bond donors (Lipinski definition) is 3. The van der Waals surface area contributed by atoms with Crippen LogP contribution >= 0.6 is 0 Å². The Morgan fingerprint density at radius 3 is 2.15 bits per heavy atom. The Morgan fingerprint density at radius 2 is 1.75 bits per heavy atom. The van der Waals surface area contributed by atoms with Crippen molar-refractivity contribution in [2.45, 2.75) is 51.0 Å². The Balaban J connectivity index is 2.80. The maximum Gasteiger partial charge on any atom is 0.329 e. The van der Waals surface area contributed by atoms with Crippen LogP contribution in [-0.4, -0.2) is 46.5 Å². The van der Waals surface area contributed by atoms with Crippen molar-refractivity contribution in [2.75, 3.05) is 13.1 Å². The summed E-state index contributed by atoms with van der Waals surface area (Å²) < 4.78 is 0.